The summed E-state index contributed by atoms with van der Waals surface area (Å²) >= 11 is 1.81. The standard InChI is InChI=1S/C10H16N2S/c1-2-4-8-7-13-10(12-8)9-5-3-6-11-9/h7,9,11H,2-6H2,1H3. The summed E-state index contributed by atoms with van der Waals surface area (Å²) in [5, 5.41) is 6.98. The van der Waals surface area contributed by atoms with Crippen molar-refractivity contribution >= 4 is 11.3 Å². The van der Waals surface area contributed by atoms with Gasteiger partial charge >= 0.3 is 0 Å². The van der Waals surface area contributed by atoms with Crippen molar-refractivity contribution in [3.8, 4) is 0 Å². The Morgan fingerprint density at radius 1 is 1.69 bits per heavy atom. The quantitative estimate of drug-likeness (QED) is 0.803. The zero-order valence-electron chi connectivity index (χ0n) is 8.05. The minimum atomic E-state index is 0.551. The lowest BCUT2D eigenvalue weighted by atomic mass is 10.2. The lowest BCUT2D eigenvalue weighted by molar-refractivity contribution is 0.639. The Bertz CT molecular complexity index is 264. The van der Waals surface area contributed by atoms with Crippen LogP contribution < -0.4 is 5.32 Å². The minimum Gasteiger partial charge on any atom is -0.308 e. The Morgan fingerprint density at radius 2 is 2.62 bits per heavy atom. The van der Waals surface area contributed by atoms with E-state index < -0.39 is 0 Å². The molecule has 1 aliphatic rings. The van der Waals surface area contributed by atoms with E-state index in [4.69, 9.17) is 0 Å². The van der Waals surface area contributed by atoms with Crippen molar-refractivity contribution in [1.82, 2.24) is 10.3 Å². The minimum absolute atomic E-state index is 0.551. The highest BCUT2D eigenvalue weighted by molar-refractivity contribution is 7.09. The average molecular weight is 196 g/mol. The highest BCUT2D eigenvalue weighted by atomic mass is 32.1. The second kappa shape index (κ2) is 4.20. The molecule has 1 aromatic rings. The van der Waals surface area contributed by atoms with Crippen LogP contribution in [0.25, 0.3) is 0 Å². The monoisotopic (exact) mass is 196 g/mol. The molecule has 0 aliphatic carbocycles. The topological polar surface area (TPSA) is 24.9 Å². The van der Waals surface area contributed by atoms with Crippen LogP contribution in [-0.2, 0) is 6.42 Å². The van der Waals surface area contributed by atoms with Crippen LogP contribution in [0.3, 0.4) is 0 Å². The fourth-order valence-electron chi connectivity index (χ4n) is 1.75. The van der Waals surface area contributed by atoms with Gasteiger partial charge in [0, 0.05) is 5.38 Å². The summed E-state index contributed by atoms with van der Waals surface area (Å²) in [6.45, 7) is 3.36. The predicted molar refractivity (Wildman–Crippen MR) is 56.1 cm³/mol. The van der Waals surface area contributed by atoms with Gasteiger partial charge in [-0.05, 0) is 25.8 Å². The first-order valence-electron chi connectivity index (χ1n) is 5.08. The Hall–Kier alpha value is -0.410. The summed E-state index contributed by atoms with van der Waals surface area (Å²) in [6.07, 6.45) is 4.89. The Kier molecular flexibility index (Phi) is 2.96. The molecule has 0 bridgehead atoms. The lowest BCUT2D eigenvalue weighted by Crippen LogP contribution is -2.12. The Morgan fingerprint density at radius 3 is 3.31 bits per heavy atom. The summed E-state index contributed by atoms with van der Waals surface area (Å²) in [5.74, 6) is 0. The summed E-state index contributed by atoms with van der Waals surface area (Å²) in [6, 6.07) is 0.551. The fourth-order valence-corrected chi connectivity index (χ4v) is 2.71. The summed E-state index contributed by atoms with van der Waals surface area (Å²) in [5.41, 5.74) is 1.27. The van der Waals surface area contributed by atoms with Gasteiger partial charge in [-0.15, -0.1) is 11.3 Å². The molecule has 2 heterocycles. The third kappa shape index (κ3) is 2.09. The van der Waals surface area contributed by atoms with E-state index in [9.17, 15) is 0 Å². The lowest BCUT2D eigenvalue weighted by Gasteiger charge is -2.04. The number of aromatic nitrogens is 1. The predicted octanol–water partition coefficient (Wildman–Crippen LogP) is 2.52. The molecule has 2 nitrogen and oxygen atoms in total. The molecule has 72 valence electrons. The molecule has 0 spiro atoms. The van der Waals surface area contributed by atoms with Gasteiger partial charge in [0.1, 0.15) is 5.01 Å². The van der Waals surface area contributed by atoms with E-state index in [1.54, 1.807) is 0 Å². The second-order valence-corrected chi connectivity index (χ2v) is 4.47. The number of nitrogens with one attached hydrogen (secondary N) is 1. The number of rotatable bonds is 3. The van der Waals surface area contributed by atoms with Gasteiger partial charge in [-0.2, -0.15) is 0 Å². The molecule has 0 radical (unpaired) electrons. The van der Waals surface area contributed by atoms with Crippen LogP contribution >= 0.6 is 11.3 Å². The molecule has 1 saturated heterocycles. The molecule has 1 N–H and O–H groups in total. The molecular weight excluding hydrogens is 180 g/mol. The first kappa shape index (κ1) is 9.16. The maximum atomic E-state index is 4.64. The first-order chi connectivity index (χ1) is 6.40. The van der Waals surface area contributed by atoms with Crippen molar-refractivity contribution in [2.45, 2.75) is 38.6 Å². The van der Waals surface area contributed by atoms with Gasteiger partial charge in [-0.1, -0.05) is 13.3 Å². The third-order valence-electron chi connectivity index (χ3n) is 2.43. The zero-order valence-corrected chi connectivity index (χ0v) is 8.86. The SMILES string of the molecule is CCCc1csc(C2CCCN2)n1. The van der Waals surface area contributed by atoms with Gasteiger partial charge < -0.3 is 5.32 Å². The van der Waals surface area contributed by atoms with E-state index in [1.165, 1.54) is 30.0 Å². The summed E-state index contributed by atoms with van der Waals surface area (Å²) in [7, 11) is 0. The van der Waals surface area contributed by atoms with Crippen molar-refractivity contribution in [1.29, 1.82) is 0 Å². The van der Waals surface area contributed by atoms with Crippen molar-refractivity contribution in [2.75, 3.05) is 6.54 Å². The first-order valence-corrected chi connectivity index (χ1v) is 5.96. The number of nitrogens with zero attached hydrogens (tertiary/aromatic N) is 1. The normalized spacial score (nSPS) is 22.4. The van der Waals surface area contributed by atoms with Crippen LogP contribution in [0.15, 0.2) is 5.38 Å². The van der Waals surface area contributed by atoms with Crippen molar-refractivity contribution in [2.24, 2.45) is 0 Å². The van der Waals surface area contributed by atoms with Crippen LogP contribution in [0.2, 0.25) is 0 Å². The molecular formula is C10H16N2S. The van der Waals surface area contributed by atoms with E-state index >= 15 is 0 Å². The maximum Gasteiger partial charge on any atom is 0.110 e. The molecule has 13 heavy (non-hydrogen) atoms. The zero-order chi connectivity index (χ0) is 9.10. The van der Waals surface area contributed by atoms with Gasteiger partial charge in [0.15, 0.2) is 0 Å². The third-order valence-corrected chi connectivity index (χ3v) is 3.44. The van der Waals surface area contributed by atoms with Crippen LogP contribution in [0.1, 0.15) is 42.9 Å². The molecule has 0 amide bonds. The van der Waals surface area contributed by atoms with Crippen LogP contribution in [0.5, 0.6) is 0 Å². The molecule has 3 heteroatoms. The molecule has 0 saturated carbocycles. The molecule has 1 aromatic heterocycles. The van der Waals surface area contributed by atoms with Crippen LogP contribution in [0.4, 0.5) is 0 Å². The number of hydrogen-bond donors (Lipinski definition) is 1. The molecule has 1 atom stereocenters. The largest absolute Gasteiger partial charge is 0.308 e. The van der Waals surface area contributed by atoms with Gasteiger partial charge in [-0.25, -0.2) is 4.98 Å². The molecule has 1 aliphatic heterocycles. The molecule has 2 rings (SSSR count). The number of aryl methyl sites for hydroxylation is 1. The average Bonchev–Trinajstić information content (AvgIpc) is 2.70. The maximum absolute atomic E-state index is 4.64. The van der Waals surface area contributed by atoms with Gasteiger partial charge in [-0.3, -0.25) is 0 Å². The molecule has 1 fully saturated rings. The smallest absolute Gasteiger partial charge is 0.110 e. The van der Waals surface area contributed by atoms with E-state index in [2.05, 4.69) is 22.6 Å². The van der Waals surface area contributed by atoms with Gasteiger partial charge in [0.25, 0.3) is 0 Å². The molecule has 0 aromatic carbocycles. The second-order valence-electron chi connectivity index (χ2n) is 3.58. The van der Waals surface area contributed by atoms with Crippen molar-refractivity contribution in [3.05, 3.63) is 16.1 Å². The van der Waals surface area contributed by atoms with E-state index in [0.29, 0.717) is 6.04 Å². The number of hydrogen-bond acceptors (Lipinski definition) is 3. The van der Waals surface area contributed by atoms with E-state index in [0.717, 1.165) is 13.0 Å². The van der Waals surface area contributed by atoms with Crippen molar-refractivity contribution in [3.63, 3.8) is 0 Å². The highest BCUT2D eigenvalue weighted by Gasteiger charge is 2.18. The van der Waals surface area contributed by atoms with Crippen molar-refractivity contribution < 1.29 is 0 Å². The van der Waals surface area contributed by atoms with Gasteiger partial charge in [0.05, 0.1) is 11.7 Å². The van der Waals surface area contributed by atoms with Crippen LogP contribution in [-0.4, -0.2) is 11.5 Å². The highest BCUT2D eigenvalue weighted by Crippen LogP contribution is 2.25. The Balaban J connectivity index is 2.03. The fraction of sp³-hybridized carbons (Fsp3) is 0.700. The van der Waals surface area contributed by atoms with E-state index in [-0.39, 0.29) is 0 Å². The number of thiazole rings is 1. The summed E-state index contributed by atoms with van der Waals surface area (Å²) in [4.78, 5) is 4.64. The van der Waals surface area contributed by atoms with Crippen LogP contribution in [0, 0.1) is 0 Å². The van der Waals surface area contributed by atoms with Gasteiger partial charge in [0.2, 0.25) is 0 Å². The van der Waals surface area contributed by atoms with E-state index in [1.807, 2.05) is 11.3 Å². The molecule has 1 unspecified atom stereocenters. The summed E-state index contributed by atoms with van der Waals surface area (Å²) < 4.78 is 0. The Labute approximate surface area is 83.4 Å².